The van der Waals surface area contributed by atoms with Gasteiger partial charge in [0.2, 0.25) is 0 Å². The number of hydrogen-bond donors (Lipinski definition) is 0. The summed E-state index contributed by atoms with van der Waals surface area (Å²) in [4.78, 5) is 4.47. The molecular formula is C15H20ClN. The van der Waals surface area contributed by atoms with E-state index in [1.165, 1.54) is 36.9 Å². The van der Waals surface area contributed by atoms with Gasteiger partial charge in [0, 0.05) is 23.7 Å². The average molecular weight is 250 g/mol. The van der Waals surface area contributed by atoms with E-state index in [1.807, 2.05) is 12.3 Å². The van der Waals surface area contributed by atoms with Gasteiger partial charge in [-0.3, -0.25) is 4.98 Å². The lowest BCUT2D eigenvalue weighted by molar-refractivity contribution is 0.319. The molecule has 0 N–H and O–H groups in total. The van der Waals surface area contributed by atoms with Crippen molar-refractivity contribution in [3.63, 3.8) is 0 Å². The highest BCUT2D eigenvalue weighted by molar-refractivity contribution is 6.21. The molecule has 0 aromatic carbocycles. The van der Waals surface area contributed by atoms with Crippen molar-refractivity contribution in [1.29, 1.82) is 0 Å². The highest BCUT2D eigenvalue weighted by Crippen LogP contribution is 2.50. The molecule has 0 amide bonds. The van der Waals surface area contributed by atoms with E-state index < -0.39 is 0 Å². The second kappa shape index (κ2) is 4.61. The molecule has 1 nitrogen and oxygen atoms in total. The maximum absolute atomic E-state index is 6.65. The molecule has 92 valence electrons. The minimum absolute atomic E-state index is 0.291. The van der Waals surface area contributed by atoms with Crippen LogP contribution in [-0.4, -0.2) is 10.4 Å². The van der Waals surface area contributed by atoms with Crippen molar-refractivity contribution in [3.05, 3.63) is 29.6 Å². The van der Waals surface area contributed by atoms with E-state index in [2.05, 4.69) is 18.0 Å². The zero-order valence-corrected chi connectivity index (χ0v) is 11.2. The van der Waals surface area contributed by atoms with Gasteiger partial charge in [0.05, 0.1) is 0 Å². The Morgan fingerprint density at radius 2 is 2.29 bits per heavy atom. The van der Waals surface area contributed by atoms with E-state index in [-0.39, 0.29) is 0 Å². The predicted octanol–water partition coefficient (Wildman–Crippen LogP) is 3.98. The molecule has 4 unspecified atom stereocenters. The van der Waals surface area contributed by atoms with Gasteiger partial charge in [-0.2, -0.15) is 0 Å². The Morgan fingerprint density at radius 3 is 2.94 bits per heavy atom. The van der Waals surface area contributed by atoms with E-state index in [9.17, 15) is 0 Å². The molecule has 1 aromatic heterocycles. The minimum atomic E-state index is 0.291. The predicted molar refractivity (Wildman–Crippen MR) is 71.3 cm³/mol. The lowest BCUT2D eigenvalue weighted by atomic mass is 9.84. The van der Waals surface area contributed by atoms with Gasteiger partial charge in [0.15, 0.2) is 0 Å². The van der Waals surface area contributed by atoms with Gasteiger partial charge in [0.25, 0.3) is 0 Å². The largest absolute Gasteiger partial charge is 0.261 e. The Morgan fingerprint density at radius 1 is 1.41 bits per heavy atom. The topological polar surface area (TPSA) is 12.9 Å². The van der Waals surface area contributed by atoms with Gasteiger partial charge in [-0.1, -0.05) is 12.5 Å². The summed E-state index contributed by atoms with van der Waals surface area (Å²) < 4.78 is 0. The van der Waals surface area contributed by atoms with Gasteiger partial charge < -0.3 is 0 Å². The Bertz CT molecular complexity index is 404. The molecule has 2 aliphatic rings. The molecule has 0 spiro atoms. The summed E-state index contributed by atoms with van der Waals surface area (Å²) >= 11 is 6.65. The van der Waals surface area contributed by atoms with Gasteiger partial charge in [-0.15, -0.1) is 11.6 Å². The maximum atomic E-state index is 6.65. The number of alkyl halides is 1. The zero-order chi connectivity index (χ0) is 11.8. The quantitative estimate of drug-likeness (QED) is 0.739. The number of hydrogen-bond acceptors (Lipinski definition) is 1. The van der Waals surface area contributed by atoms with E-state index >= 15 is 0 Å². The number of aryl methyl sites for hydroxylation is 1. The zero-order valence-electron chi connectivity index (χ0n) is 10.4. The van der Waals surface area contributed by atoms with Gasteiger partial charge in [-0.05, 0) is 55.6 Å². The number of nitrogens with zero attached hydrogens (tertiary/aromatic N) is 1. The molecule has 3 rings (SSSR count). The van der Waals surface area contributed by atoms with Crippen LogP contribution in [0.2, 0.25) is 0 Å². The van der Waals surface area contributed by atoms with Crippen LogP contribution in [0, 0.1) is 24.7 Å². The van der Waals surface area contributed by atoms with E-state index in [0.29, 0.717) is 5.38 Å². The minimum Gasteiger partial charge on any atom is -0.261 e. The van der Waals surface area contributed by atoms with E-state index in [1.54, 1.807) is 0 Å². The molecule has 1 aromatic rings. The fraction of sp³-hybridized carbons (Fsp3) is 0.667. The molecule has 17 heavy (non-hydrogen) atoms. The summed E-state index contributed by atoms with van der Waals surface area (Å²) in [7, 11) is 0. The van der Waals surface area contributed by atoms with E-state index in [4.69, 9.17) is 11.6 Å². The van der Waals surface area contributed by atoms with Gasteiger partial charge in [0.1, 0.15) is 0 Å². The molecule has 2 heteroatoms. The third-order valence-corrected chi connectivity index (χ3v) is 5.24. The maximum Gasteiger partial charge on any atom is 0.0447 e. The van der Waals surface area contributed by atoms with Crippen LogP contribution >= 0.6 is 11.6 Å². The van der Waals surface area contributed by atoms with Crippen molar-refractivity contribution < 1.29 is 0 Å². The molecule has 2 aliphatic carbocycles. The van der Waals surface area contributed by atoms with Crippen molar-refractivity contribution in [1.82, 2.24) is 4.98 Å². The highest BCUT2D eigenvalue weighted by atomic mass is 35.5. The molecule has 0 saturated heterocycles. The third kappa shape index (κ3) is 2.22. The van der Waals surface area contributed by atoms with Crippen LogP contribution in [0.3, 0.4) is 0 Å². The van der Waals surface area contributed by atoms with Crippen LogP contribution in [0.1, 0.15) is 36.9 Å². The first-order valence-electron chi connectivity index (χ1n) is 6.78. The Labute approximate surface area is 109 Å². The van der Waals surface area contributed by atoms with Crippen LogP contribution in [0.4, 0.5) is 0 Å². The van der Waals surface area contributed by atoms with Crippen LogP contribution in [0.25, 0.3) is 0 Å². The lowest BCUT2D eigenvalue weighted by Gasteiger charge is -2.26. The summed E-state index contributed by atoms with van der Waals surface area (Å²) in [5, 5.41) is 0.291. The van der Waals surface area contributed by atoms with Crippen LogP contribution in [0.5, 0.6) is 0 Å². The van der Waals surface area contributed by atoms with Crippen LogP contribution < -0.4 is 0 Å². The SMILES string of the molecule is Cc1cccnc1CC(Cl)C1CC2CCC1C2. The summed E-state index contributed by atoms with van der Waals surface area (Å²) in [5.74, 6) is 2.64. The smallest absolute Gasteiger partial charge is 0.0447 e. The third-order valence-electron chi connectivity index (χ3n) is 4.76. The Balaban J connectivity index is 1.68. The normalized spacial score (nSPS) is 32.9. The summed E-state index contributed by atoms with van der Waals surface area (Å²) in [6, 6.07) is 4.13. The van der Waals surface area contributed by atoms with Crippen LogP contribution in [0.15, 0.2) is 18.3 Å². The number of fused-ring (bicyclic) bond motifs is 2. The standard InChI is InChI=1S/C15H20ClN/c1-10-3-2-6-17-15(10)9-14(16)13-8-11-4-5-12(13)7-11/h2-3,6,11-14H,4-5,7-9H2,1H3. The molecule has 1 heterocycles. The van der Waals surface area contributed by atoms with Gasteiger partial charge in [-0.25, -0.2) is 0 Å². The summed E-state index contributed by atoms with van der Waals surface area (Å²) in [6.45, 7) is 2.13. The first-order chi connectivity index (χ1) is 8.24. The van der Waals surface area contributed by atoms with Crippen molar-refractivity contribution >= 4 is 11.6 Å². The number of aromatic nitrogens is 1. The Kier molecular flexibility index (Phi) is 3.12. The van der Waals surface area contributed by atoms with E-state index in [0.717, 1.165) is 24.2 Å². The van der Waals surface area contributed by atoms with Crippen molar-refractivity contribution in [2.75, 3.05) is 0 Å². The highest BCUT2D eigenvalue weighted by Gasteiger charge is 2.42. The molecule has 4 atom stereocenters. The molecular weight excluding hydrogens is 230 g/mol. The number of pyridine rings is 1. The second-order valence-electron chi connectivity index (χ2n) is 5.83. The summed E-state index contributed by atoms with van der Waals surface area (Å²) in [6.07, 6.45) is 8.50. The molecule has 2 saturated carbocycles. The monoisotopic (exact) mass is 249 g/mol. The Hall–Kier alpha value is -0.560. The van der Waals surface area contributed by atoms with Crippen molar-refractivity contribution in [2.24, 2.45) is 17.8 Å². The molecule has 0 radical (unpaired) electrons. The fourth-order valence-electron chi connectivity index (χ4n) is 3.81. The van der Waals surface area contributed by atoms with Crippen molar-refractivity contribution in [2.45, 2.75) is 44.4 Å². The number of rotatable bonds is 3. The fourth-order valence-corrected chi connectivity index (χ4v) is 4.26. The summed E-state index contributed by atoms with van der Waals surface area (Å²) in [5.41, 5.74) is 2.47. The first kappa shape index (κ1) is 11.5. The average Bonchev–Trinajstić information content (AvgIpc) is 2.94. The first-order valence-corrected chi connectivity index (χ1v) is 7.22. The second-order valence-corrected chi connectivity index (χ2v) is 6.39. The molecule has 2 bridgehead atoms. The lowest BCUT2D eigenvalue weighted by Crippen LogP contribution is -2.23. The van der Waals surface area contributed by atoms with Crippen LogP contribution in [-0.2, 0) is 6.42 Å². The number of halogens is 1. The van der Waals surface area contributed by atoms with Crippen molar-refractivity contribution in [3.8, 4) is 0 Å². The molecule has 0 aliphatic heterocycles. The van der Waals surface area contributed by atoms with Gasteiger partial charge >= 0.3 is 0 Å². The molecule has 2 fully saturated rings.